The lowest BCUT2D eigenvalue weighted by atomic mass is 10.1. The molecule has 1 fully saturated rings. The number of rotatable bonds is 4. The number of hydrogen-bond acceptors (Lipinski definition) is 6. The van der Waals surface area contributed by atoms with Gasteiger partial charge >= 0.3 is 5.97 Å². The van der Waals surface area contributed by atoms with Crippen molar-refractivity contribution in [2.45, 2.75) is 25.8 Å². The summed E-state index contributed by atoms with van der Waals surface area (Å²) >= 11 is 6.35. The summed E-state index contributed by atoms with van der Waals surface area (Å²) in [5.41, 5.74) is 0.969. The van der Waals surface area contributed by atoms with Gasteiger partial charge in [-0.1, -0.05) is 29.8 Å². The van der Waals surface area contributed by atoms with Crippen molar-refractivity contribution in [3.63, 3.8) is 0 Å². The van der Waals surface area contributed by atoms with Crippen LogP contribution in [0.15, 0.2) is 29.1 Å². The summed E-state index contributed by atoms with van der Waals surface area (Å²) in [6.45, 7) is 2.09. The molecule has 1 saturated heterocycles. The second kappa shape index (κ2) is 7.63. The summed E-state index contributed by atoms with van der Waals surface area (Å²) in [4.78, 5) is 38.1. The van der Waals surface area contributed by atoms with E-state index in [0.717, 1.165) is 31.5 Å². The molecule has 0 amide bonds. The van der Waals surface area contributed by atoms with Crippen LogP contribution in [0, 0.1) is 0 Å². The van der Waals surface area contributed by atoms with Gasteiger partial charge in [0.1, 0.15) is 0 Å². The number of esters is 1. The molecule has 0 spiro atoms. The number of fused-ring (bicyclic) bond motifs is 1. The van der Waals surface area contributed by atoms with Crippen molar-refractivity contribution in [2.75, 3.05) is 25.1 Å². The number of hydrogen-bond donors (Lipinski definition) is 1. The summed E-state index contributed by atoms with van der Waals surface area (Å²) in [5.74, 6) is -0.207. The summed E-state index contributed by atoms with van der Waals surface area (Å²) < 4.78 is 6.50. The third kappa shape index (κ3) is 3.35. The summed E-state index contributed by atoms with van der Waals surface area (Å²) in [5, 5.41) is 0.615. The Morgan fingerprint density at radius 2 is 1.96 bits per heavy atom. The lowest BCUT2D eigenvalue weighted by Crippen LogP contribution is -2.32. The highest BCUT2D eigenvalue weighted by atomic mass is 35.5. The van der Waals surface area contributed by atoms with Crippen LogP contribution in [-0.4, -0.2) is 45.7 Å². The van der Waals surface area contributed by atoms with E-state index in [0.29, 0.717) is 23.0 Å². The van der Waals surface area contributed by atoms with Crippen molar-refractivity contribution >= 4 is 34.7 Å². The Bertz CT molecular complexity index is 1080. The van der Waals surface area contributed by atoms with Crippen LogP contribution in [0.25, 0.3) is 11.2 Å². The largest absolute Gasteiger partial charge is 0.463 e. The van der Waals surface area contributed by atoms with Crippen molar-refractivity contribution in [3.8, 4) is 0 Å². The molecule has 0 aliphatic carbocycles. The normalized spacial score (nSPS) is 14.4. The number of imidazole rings is 1. The molecule has 0 bridgehead atoms. The van der Waals surface area contributed by atoms with Crippen LogP contribution in [0.1, 0.15) is 35.4 Å². The number of nitrogens with one attached hydrogen (secondary N) is 1. The van der Waals surface area contributed by atoms with Crippen molar-refractivity contribution in [3.05, 3.63) is 51.0 Å². The third-order valence-electron chi connectivity index (χ3n) is 4.90. The average Bonchev–Trinajstić information content (AvgIpc) is 3.08. The van der Waals surface area contributed by atoms with Crippen molar-refractivity contribution in [1.82, 2.24) is 19.5 Å². The fraction of sp³-hybridized carbons (Fsp3) is 0.368. The smallest absolute Gasteiger partial charge is 0.374 e. The van der Waals surface area contributed by atoms with E-state index in [2.05, 4.69) is 24.6 Å². The molecule has 1 aliphatic rings. The van der Waals surface area contributed by atoms with Crippen molar-refractivity contribution in [2.24, 2.45) is 0 Å². The minimum Gasteiger partial charge on any atom is -0.463 e. The second-order valence-electron chi connectivity index (χ2n) is 6.72. The maximum atomic E-state index is 12.8. The van der Waals surface area contributed by atoms with Crippen molar-refractivity contribution in [1.29, 1.82) is 0 Å². The number of benzene rings is 1. The number of anilines is 1. The predicted octanol–water partition coefficient (Wildman–Crippen LogP) is 2.60. The zero-order valence-electron chi connectivity index (χ0n) is 15.4. The van der Waals surface area contributed by atoms with Crippen LogP contribution in [0.4, 0.5) is 5.95 Å². The Kier molecular flexibility index (Phi) is 5.04. The molecule has 4 rings (SSSR count). The first-order valence-electron chi connectivity index (χ1n) is 9.15. The van der Waals surface area contributed by atoms with Gasteiger partial charge in [-0.2, -0.15) is 4.98 Å². The first kappa shape index (κ1) is 18.5. The minimum atomic E-state index is -0.709. The standard InChI is InChI=1S/C19H20ClN5O3/c1-28-18(27)16-21-15-14(17(26)22-16)25(11-12-7-3-4-8-13(12)20)19(23-15)24-9-5-2-6-10-24/h3-4,7-8H,2,5-6,9-11H2,1H3,(H,21,22,26). The summed E-state index contributed by atoms with van der Waals surface area (Å²) in [6, 6.07) is 7.49. The van der Waals surface area contributed by atoms with Gasteiger partial charge in [-0.25, -0.2) is 9.78 Å². The monoisotopic (exact) mass is 401 g/mol. The molecule has 0 radical (unpaired) electrons. The first-order chi connectivity index (χ1) is 13.6. The Morgan fingerprint density at radius 1 is 1.21 bits per heavy atom. The van der Waals surface area contributed by atoms with Crippen LogP contribution in [0.3, 0.4) is 0 Å². The van der Waals surface area contributed by atoms with Crippen molar-refractivity contribution < 1.29 is 9.53 Å². The molecule has 146 valence electrons. The molecule has 0 saturated carbocycles. The lowest BCUT2D eigenvalue weighted by molar-refractivity contribution is 0.0587. The number of carbonyl (C=O) groups is 1. The quantitative estimate of drug-likeness (QED) is 0.675. The van der Waals surface area contributed by atoms with E-state index in [1.807, 2.05) is 28.8 Å². The maximum absolute atomic E-state index is 12.8. The van der Waals surface area contributed by atoms with E-state index in [-0.39, 0.29) is 11.5 Å². The Hall–Kier alpha value is -2.87. The van der Waals surface area contributed by atoms with Gasteiger partial charge in [0.05, 0.1) is 13.7 Å². The van der Waals surface area contributed by atoms with Gasteiger partial charge in [0, 0.05) is 18.1 Å². The van der Waals surface area contributed by atoms with Gasteiger partial charge in [0.15, 0.2) is 11.2 Å². The van der Waals surface area contributed by atoms with Gasteiger partial charge in [-0.15, -0.1) is 0 Å². The Morgan fingerprint density at radius 3 is 2.68 bits per heavy atom. The number of H-pyrrole nitrogens is 1. The fourth-order valence-electron chi connectivity index (χ4n) is 3.51. The van der Waals surface area contributed by atoms with E-state index < -0.39 is 11.5 Å². The number of aromatic nitrogens is 4. The minimum absolute atomic E-state index is 0.160. The molecule has 9 heteroatoms. The van der Waals surface area contributed by atoms with Crippen LogP contribution in [0.5, 0.6) is 0 Å². The van der Waals surface area contributed by atoms with Crippen LogP contribution >= 0.6 is 11.6 Å². The second-order valence-corrected chi connectivity index (χ2v) is 7.12. The zero-order chi connectivity index (χ0) is 19.7. The van der Waals surface area contributed by atoms with E-state index in [9.17, 15) is 9.59 Å². The number of nitrogens with zero attached hydrogens (tertiary/aromatic N) is 4. The predicted molar refractivity (Wildman–Crippen MR) is 106 cm³/mol. The SMILES string of the molecule is COC(=O)c1nc2nc(N3CCCCC3)n(Cc3ccccc3Cl)c2c(=O)[nH]1. The number of aromatic amines is 1. The highest BCUT2D eigenvalue weighted by Crippen LogP contribution is 2.26. The Balaban J connectivity index is 1.89. The van der Waals surface area contributed by atoms with Crippen LogP contribution in [-0.2, 0) is 11.3 Å². The first-order valence-corrected chi connectivity index (χ1v) is 9.53. The molecule has 1 aliphatic heterocycles. The molecular formula is C19H20ClN5O3. The highest BCUT2D eigenvalue weighted by molar-refractivity contribution is 6.31. The molecule has 3 aromatic rings. The number of piperidine rings is 1. The fourth-order valence-corrected chi connectivity index (χ4v) is 3.70. The van der Waals surface area contributed by atoms with E-state index in [1.165, 1.54) is 13.5 Å². The molecule has 3 heterocycles. The van der Waals surface area contributed by atoms with Crippen LogP contribution in [0.2, 0.25) is 5.02 Å². The lowest BCUT2D eigenvalue weighted by Gasteiger charge is -2.28. The average molecular weight is 402 g/mol. The third-order valence-corrected chi connectivity index (χ3v) is 5.27. The van der Waals surface area contributed by atoms with Gasteiger partial charge in [-0.3, -0.25) is 14.3 Å². The van der Waals surface area contributed by atoms with Gasteiger partial charge in [0.2, 0.25) is 11.8 Å². The number of carbonyl (C=O) groups excluding carboxylic acids is 1. The molecule has 0 unspecified atom stereocenters. The topological polar surface area (TPSA) is 93.1 Å². The molecule has 0 atom stereocenters. The van der Waals surface area contributed by atoms with E-state index in [1.54, 1.807) is 0 Å². The zero-order valence-corrected chi connectivity index (χ0v) is 16.2. The summed E-state index contributed by atoms with van der Waals surface area (Å²) in [6.07, 6.45) is 3.30. The van der Waals surface area contributed by atoms with Gasteiger partial charge in [-0.05, 0) is 30.9 Å². The molecule has 8 nitrogen and oxygen atoms in total. The number of ether oxygens (including phenoxy) is 1. The molecular weight excluding hydrogens is 382 g/mol. The number of methoxy groups -OCH3 is 1. The van der Waals surface area contributed by atoms with E-state index >= 15 is 0 Å². The molecule has 28 heavy (non-hydrogen) atoms. The Labute approximate surface area is 166 Å². The van der Waals surface area contributed by atoms with Gasteiger partial charge in [0.25, 0.3) is 5.56 Å². The maximum Gasteiger partial charge on any atom is 0.374 e. The molecule has 2 aromatic heterocycles. The van der Waals surface area contributed by atoms with Crippen LogP contribution < -0.4 is 10.5 Å². The van der Waals surface area contributed by atoms with E-state index in [4.69, 9.17) is 11.6 Å². The molecule has 1 aromatic carbocycles. The summed E-state index contributed by atoms with van der Waals surface area (Å²) in [7, 11) is 1.24. The highest BCUT2D eigenvalue weighted by Gasteiger charge is 2.24. The molecule has 1 N–H and O–H groups in total. The number of halogens is 1. The van der Waals surface area contributed by atoms with Gasteiger partial charge < -0.3 is 9.64 Å².